The first-order valence-corrected chi connectivity index (χ1v) is 10.7. The highest BCUT2D eigenvalue weighted by Gasteiger charge is 2.34. The molecule has 1 atom stereocenters. The number of hydrazone groups is 1. The molecule has 2 aromatic carbocycles. The van der Waals surface area contributed by atoms with Crippen LogP contribution in [0.2, 0.25) is 5.02 Å². The predicted molar refractivity (Wildman–Crippen MR) is 118 cm³/mol. The van der Waals surface area contributed by atoms with Gasteiger partial charge >= 0.3 is 0 Å². The number of carbonyl (C=O) groups excluding carboxylic acids is 1. The number of thioether (sulfide) groups is 1. The lowest BCUT2D eigenvalue weighted by molar-refractivity contribution is -0.116. The van der Waals surface area contributed by atoms with Gasteiger partial charge < -0.3 is 0 Å². The molecule has 0 aliphatic carbocycles. The number of nitrogens with one attached hydrogen (secondary N) is 1. The van der Waals surface area contributed by atoms with Crippen LogP contribution in [0.1, 0.15) is 17.3 Å². The first-order chi connectivity index (χ1) is 14.7. The van der Waals surface area contributed by atoms with Crippen LogP contribution in [-0.4, -0.2) is 21.1 Å². The lowest BCUT2D eigenvalue weighted by atomic mass is 10.1. The topological polar surface area (TPSA) is 70.0 Å². The number of para-hydroxylation sites is 1. The van der Waals surface area contributed by atoms with E-state index in [4.69, 9.17) is 21.7 Å². The van der Waals surface area contributed by atoms with Crippen LogP contribution in [0, 0.1) is 0 Å². The first-order valence-electron chi connectivity index (χ1n) is 9.33. The van der Waals surface area contributed by atoms with E-state index in [9.17, 15) is 4.79 Å². The van der Waals surface area contributed by atoms with Gasteiger partial charge in [0.25, 0.3) is 5.91 Å². The zero-order chi connectivity index (χ0) is 20.5. The van der Waals surface area contributed by atoms with Gasteiger partial charge in [0.05, 0.1) is 5.36 Å². The second-order valence-corrected chi connectivity index (χ2v) is 8.10. The third-order valence-electron chi connectivity index (χ3n) is 4.84. The summed E-state index contributed by atoms with van der Waals surface area (Å²) in [5.41, 5.74) is 2.38. The van der Waals surface area contributed by atoms with E-state index in [1.165, 1.54) is 11.8 Å². The predicted octanol–water partition coefficient (Wildman–Crippen LogP) is 2.81. The van der Waals surface area contributed by atoms with Crippen molar-refractivity contribution in [1.29, 1.82) is 0 Å². The largest absolute Gasteiger partial charge is 0.298 e. The average Bonchev–Trinajstić information content (AvgIpc) is 2.78. The van der Waals surface area contributed by atoms with Gasteiger partial charge in [-0.25, -0.2) is 5.01 Å². The fourth-order valence-corrected chi connectivity index (χ4v) is 4.54. The molecule has 148 valence electrons. The van der Waals surface area contributed by atoms with Crippen LogP contribution in [0.4, 0.5) is 0 Å². The molecule has 1 unspecified atom stereocenters. The fraction of sp³-hybridized carbons (Fsp3) is 0.0909. The molecule has 1 aromatic heterocycles. The molecule has 2 aliphatic heterocycles. The number of carbonyl (C=O) groups is 1. The minimum absolute atomic E-state index is 0.201. The summed E-state index contributed by atoms with van der Waals surface area (Å²) in [7, 11) is 0. The van der Waals surface area contributed by atoms with Crippen LogP contribution in [0.25, 0.3) is 5.70 Å². The molecule has 0 saturated heterocycles. The fourth-order valence-electron chi connectivity index (χ4n) is 3.41. The Labute approximate surface area is 182 Å². The lowest BCUT2D eigenvalue weighted by Crippen LogP contribution is -2.50. The molecule has 2 aliphatic rings. The van der Waals surface area contributed by atoms with E-state index < -0.39 is 6.17 Å². The van der Waals surface area contributed by atoms with Crippen molar-refractivity contribution < 1.29 is 4.79 Å². The maximum Gasteiger partial charge on any atom is 0.276 e. The SMILES string of the molecule is O=C1NC(SCc2ccccc2Cl)=NN2C1=c1ccccc1=NC2c1ccncc1. The van der Waals surface area contributed by atoms with Crippen LogP contribution in [0.5, 0.6) is 0 Å². The molecule has 1 N–H and O–H groups in total. The molecule has 1 amide bonds. The van der Waals surface area contributed by atoms with Crippen LogP contribution < -0.4 is 15.9 Å². The van der Waals surface area contributed by atoms with Crippen molar-refractivity contribution >= 4 is 40.1 Å². The van der Waals surface area contributed by atoms with Gasteiger partial charge in [0.2, 0.25) is 0 Å². The Morgan fingerprint density at radius 2 is 1.80 bits per heavy atom. The Morgan fingerprint density at radius 1 is 1.03 bits per heavy atom. The minimum atomic E-state index is -0.445. The number of pyridine rings is 1. The van der Waals surface area contributed by atoms with Crippen molar-refractivity contribution in [2.75, 3.05) is 0 Å². The van der Waals surface area contributed by atoms with Crippen molar-refractivity contribution in [3.05, 3.63) is 99.8 Å². The van der Waals surface area contributed by atoms with Crippen molar-refractivity contribution in [3.63, 3.8) is 0 Å². The highest BCUT2D eigenvalue weighted by Crippen LogP contribution is 2.31. The number of rotatable bonds is 3. The van der Waals surface area contributed by atoms with E-state index in [0.29, 0.717) is 21.6 Å². The number of benzene rings is 2. The van der Waals surface area contributed by atoms with Crippen LogP contribution in [-0.2, 0) is 10.5 Å². The number of amidine groups is 1. The van der Waals surface area contributed by atoms with Gasteiger partial charge in [0.15, 0.2) is 11.3 Å². The van der Waals surface area contributed by atoms with E-state index in [1.807, 2.05) is 60.7 Å². The van der Waals surface area contributed by atoms with Crippen molar-refractivity contribution in [2.45, 2.75) is 11.9 Å². The Morgan fingerprint density at radius 3 is 2.63 bits per heavy atom. The summed E-state index contributed by atoms with van der Waals surface area (Å²) in [6.45, 7) is 0. The van der Waals surface area contributed by atoms with Crippen LogP contribution >= 0.6 is 23.4 Å². The summed E-state index contributed by atoms with van der Waals surface area (Å²) >= 11 is 7.69. The maximum absolute atomic E-state index is 13.1. The molecule has 3 heterocycles. The highest BCUT2D eigenvalue weighted by molar-refractivity contribution is 8.13. The molecular weight excluding hydrogens is 418 g/mol. The zero-order valence-corrected chi connectivity index (χ0v) is 17.3. The van der Waals surface area contributed by atoms with Crippen LogP contribution in [0.15, 0.2) is 83.2 Å². The minimum Gasteiger partial charge on any atom is -0.298 e. The number of hydrogen-bond donors (Lipinski definition) is 1. The van der Waals surface area contributed by atoms with Gasteiger partial charge in [-0.05, 0) is 29.8 Å². The maximum atomic E-state index is 13.1. The molecule has 0 bridgehead atoms. The monoisotopic (exact) mass is 433 g/mol. The van der Waals surface area contributed by atoms with E-state index in [-0.39, 0.29) is 5.91 Å². The molecule has 0 spiro atoms. The Bertz CT molecular complexity index is 1280. The molecule has 8 heteroatoms. The second kappa shape index (κ2) is 7.93. The smallest absolute Gasteiger partial charge is 0.276 e. The van der Waals surface area contributed by atoms with Gasteiger partial charge in [-0.1, -0.05) is 59.8 Å². The summed E-state index contributed by atoms with van der Waals surface area (Å²) in [5.74, 6) is 0.392. The lowest BCUT2D eigenvalue weighted by Gasteiger charge is -2.34. The quantitative estimate of drug-likeness (QED) is 0.689. The first kappa shape index (κ1) is 18.8. The Kier molecular flexibility index (Phi) is 4.98. The molecule has 0 saturated carbocycles. The normalized spacial score (nSPS) is 17.4. The third kappa shape index (κ3) is 3.46. The van der Waals surface area contributed by atoms with Crippen molar-refractivity contribution in [1.82, 2.24) is 15.3 Å². The molecule has 3 aromatic rings. The second-order valence-electron chi connectivity index (χ2n) is 6.73. The number of hydrogen-bond acceptors (Lipinski definition) is 6. The summed E-state index contributed by atoms with van der Waals surface area (Å²) in [6, 6.07) is 19.0. The molecule has 0 radical (unpaired) electrons. The van der Waals surface area contributed by atoms with E-state index in [2.05, 4.69) is 10.3 Å². The average molecular weight is 434 g/mol. The molecule has 5 rings (SSSR count). The standard InChI is InChI=1S/C22H16ClN5OS/c23-17-7-3-1-5-15(17)13-30-22-26-21(29)19-16-6-2-4-8-18(16)25-20(28(19)27-22)14-9-11-24-12-10-14/h1-12,20H,13H2,(H,26,27,29). The Hall–Kier alpha value is -3.16. The summed E-state index contributed by atoms with van der Waals surface area (Å²) in [4.78, 5) is 22.0. The van der Waals surface area contributed by atoms with E-state index >= 15 is 0 Å². The summed E-state index contributed by atoms with van der Waals surface area (Å²) in [5, 5.41) is 12.1. The van der Waals surface area contributed by atoms with Gasteiger partial charge in [0.1, 0.15) is 5.70 Å². The molecule has 6 nitrogen and oxygen atoms in total. The number of halogens is 1. The number of nitrogens with zero attached hydrogens (tertiary/aromatic N) is 4. The van der Waals surface area contributed by atoms with E-state index in [1.54, 1.807) is 17.4 Å². The van der Waals surface area contributed by atoms with E-state index in [0.717, 1.165) is 21.7 Å². The Balaban J connectivity index is 1.56. The van der Waals surface area contributed by atoms with Crippen molar-refractivity contribution in [3.8, 4) is 0 Å². The number of fused-ring (bicyclic) bond motifs is 2. The summed E-state index contributed by atoms with van der Waals surface area (Å²) < 4.78 is 0. The zero-order valence-electron chi connectivity index (χ0n) is 15.7. The summed E-state index contributed by atoms with van der Waals surface area (Å²) in [6.07, 6.45) is 2.98. The number of amides is 1. The molecular formula is C22H16ClN5OS. The van der Waals surface area contributed by atoms with Gasteiger partial charge in [-0.2, -0.15) is 0 Å². The molecule has 30 heavy (non-hydrogen) atoms. The van der Waals surface area contributed by atoms with Gasteiger partial charge in [-0.3, -0.25) is 20.1 Å². The highest BCUT2D eigenvalue weighted by atomic mass is 35.5. The van der Waals surface area contributed by atoms with Gasteiger partial charge in [0, 0.05) is 34.0 Å². The number of aromatic nitrogens is 1. The van der Waals surface area contributed by atoms with Crippen LogP contribution in [0.3, 0.4) is 0 Å². The van der Waals surface area contributed by atoms with Gasteiger partial charge in [-0.15, -0.1) is 5.10 Å². The van der Waals surface area contributed by atoms with Crippen molar-refractivity contribution in [2.24, 2.45) is 10.1 Å². The third-order valence-corrected chi connectivity index (χ3v) is 6.12. The molecule has 0 fully saturated rings.